The monoisotopic (exact) mass is 336 g/mol. The van der Waals surface area contributed by atoms with Crippen LogP contribution in [0.15, 0.2) is 18.3 Å². The number of aromatic nitrogens is 2. The van der Waals surface area contributed by atoms with Gasteiger partial charge in [-0.15, -0.1) is 5.10 Å². The van der Waals surface area contributed by atoms with Gasteiger partial charge in [0, 0.05) is 46.0 Å². The van der Waals surface area contributed by atoms with Gasteiger partial charge in [-0.1, -0.05) is 0 Å². The van der Waals surface area contributed by atoms with E-state index in [-0.39, 0.29) is 6.10 Å². The summed E-state index contributed by atoms with van der Waals surface area (Å²) in [7, 11) is 2.02. The van der Waals surface area contributed by atoms with Crippen molar-refractivity contribution in [2.24, 2.45) is 0 Å². The zero-order chi connectivity index (χ0) is 16.6. The minimum atomic E-state index is 0.184. The van der Waals surface area contributed by atoms with E-state index in [1.807, 2.05) is 19.2 Å². The SMILES string of the molecule is CN(C[C@H]1CN(CCOC[C@@H]2CCCO2)CCO1)c1cccnn1. The second kappa shape index (κ2) is 9.27. The molecule has 7 heteroatoms. The van der Waals surface area contributed by atoms with Crippen LogP contribution in [0.2, 0.25) is 0 Å². The summed E-state index contributed by atoms with van der Waals surface area (Å²) in [5.74, 6) is 0.873. The molecule has 0 saturated carbocycles. The first-order chi connectivity index (χ1) is 11.8. The summed E-state index contributed by atoms with van der Waals surface area (Å²) in [6, 6.07) is 3.87. The van der Waals surface area contributed by atoms with Gasteiger partial charge in [0.25, 0.3) is 0 Å². The lowest BCUT2D eigenvalue weighted by molar-refractivity contribution is -0.0384. The Balaban J connectivity index is 1.34. The first-order valence-corrected chi connectivity index (χ1v) is 8.83. The second-order valence-corrected chi connectivity index (χ2v) is 6.47. The molecule has 0 amide bonds. The molecule has 2 aliphatic rings. The van der Waals surface area contributed by atoms with Crippen LogP contribution in [0.4, 0.5) is 5.82 Å². The van der Waals surface area contributed by atoms with Gasteiger partial charge < -0.3 is 19.1 Å². The average molecular weight is 336 g/mol. The molecule has 0 unspecified atom stereocenters. The molecule has 1 aromatic rings. The first kappa shape index (κ1) is 17.5. The van der Waals surface area contributed by atoms with Gasteiger partial charge in [-0.3, -0.25) is 4.90 Å². The van der Waals surface area contributed by atoms with E-state index in [2.05, 4.69) is 20.0 Å². The van der Waals surface area contributed by atoms with E-state index in [0.717, 1.165) is 64.8 Å². The van der Waals surface area contributed by atoms with Gasteiger partial charge in [-0.05, 0) is 25.0 Å². The summed E-state index contributed by atoms with van der Waals surface area (Å²) in [5.41, 5.74) is 0. The molecular formula is C17H28N4O3. The third-order valence-corrected chi connectivity index (χ3v) is 4.53. The van der Waals surface area contributed by atoms with Crippen molar-refractivity contribution >= 4 is 5.82 Å². The van der Waals surface area contributed by atoms with Crippen LogP contribution in [0, 0.1) is 0 Å². The number of rotatable bonds is 8. The Morgan fingerprint density at radius 2 is 2.25 bits per heavy atom. The summed E-state index contributed by atoms with van der Waals surface area (Å²) in [6.45, 7) is 6.79. The van der Waals surface area contributed by atoms with E-state index >= 15 is 0 Å². The topological polar surface area (TPSA) is 60.0 Å². The predicted octanol–water partition coefficient (Wildman–Crippen LogP) is 0.809. The molecule has 2 fully saturated rings. The summed E-state index contributed by atoms with van der Waals surface area (Å²) >= 11 is 0. The van der Waals surface area contributed by atoms with E-state index in [1.54, 1.807) is 6.20 Å². The van der Waals surface area contributed by atoms with Crippen LogP contribution in [0.25, 0.3) is 0 Å². The largest absolute Gasteiger partial charge is 0.377 e. The number of hydrogen-bond acceptors (Lipinski definition) is 7. The van der Waals surface area contributed by atoms with Crippen LogP contribution in [0.5, 0.6) is 0 Å². The minimum Gasteiger partial charge on any atom is -0.377 e. The zero-order valence-electron chi connectivity index (χ0n) is 14.5. The van der Waals surface area contributed by atoms with Crippen LogP contribution >= 0.6 is 0 Å². The van der Waals surface area contributed by atoms with Crippen LogP contribution < -0.4 is 4.90 Å². The Hall–Kier alpha value is -1.28. The van der Waals surface area contributed by atoms with Crippen LogP contribution in [-0.4, -0.2) is 87.0 Å². The van der Waals surface area contributed by atoms with Gasteiger partial charge >= 0.3 is 0 Å². The molecule has 3 heterocycles. The third-order valence-electron chi connectivity index (χ3n) is 4.53. The normalized spacial score (nSPS) is 25.0. The maximum Gasteiger partial charge on any atom is 0.151 e. The Morgan fingerprint density at radius 3 is 3.04 bits per heavy atom. The van der Waals surface area contributed by atoms with Gasteiger partial charge in [0.15, 0.2) is 5.82 Å². The van der Waals surface area contributed by atoms with E-state index in [1.165, 1.54) is 6.42 Å². The molecule has 0 aromatic carbocycles. The van der Waals surface area contributed by atoms with Crippen molar-refractivity contribution in [2.45, 2.75) is 25.0 Å². The summed E-state index contributed by atoms with van der Waals surface area (Å²) in [5, 5.41) is 8.06. The summed E-state index contributed by atoms with van der Waals surface area (Å²) in [6.07, 6.45) is 4.48. The molecule has 24 heavy (non-hydrogen) atoms. The minimum absolute atomic E-state index is 0.184. The maximum absolute atomic E-state index is 5.90. The first-order valence-electron chi connectivity index (χ1n) is 8.83. The third kappa shape index (κ3) is 5.37. The Morgan fingerprint density at radius 1 is 1.33 bits per heavy atom. The fourth-order valence-electron chi connectivity index (χ4n) is 3.17. The molecule has 3 rings (SSSR count). The highest BCUT2D eigenvalue weighted by molar-refractivity contribution is 5.35. The molecule has 0 spiro atoms. The summed E-state index contributed by atoms with van der Waals surface area (Å²) < 4.78 is 17.2. The quantitative estimate of drug-likeness (QED) is 0.651. The molecule has 0 radical (unpaired) electrons. The average Bonchev–Trinajstić information content (AvgIpc) is 3.13. The Kier molecular flexibility index (Phi) is 6.77. The predicted molar refractivity (Wildman–Crippen MR) is 91.3 cm³/mol. The van der Waals surface area contributed by atoms with Crippen LogP contribution in [-0.2, 0) is 14.2 Å². The maximum atomic E-state index is 5.90. The molecule has 134 valence electrons. The molecule has 0 N–H and O–H groups in total. The molecule has 1 aromatic heterocycles. The number of anilines is 1. The molecule has 0 bridgehead atoms. The molecule has 7 nitrogen and oxygen atoms in total. The van der Waals surface area contributed by atoms with Crippen molar-refractivity contribution in [3.8, 4) is 0 Å². The fourth-order valence-corrected chi connectivity index (χ4v) is 3.17. The zero-order valence-corrected chi connectivity index (χ0v) is 14.5. The van der Waals surface area contributed by atoms with E-state index in [4.69, 9.17) is 14.2 Å². The van der Waals surface area contributed by atoms with E-state index in [0.29, 0.717) is 6.10 Å². The van der Waals surface area contributed by atoms with Crippen LogP contribution in [0.3, 0.4) is 0 Å². The molecule has 0 aliphatic carbocycles. The fraction of sp³-hybridized carbons (Fsp3) is 0.765. The van der Waals surface area contributed by atoms with Gasteiger partial charge in [0.05, 0.1) is 32.0 Å². The van der Waals surface area contributed by atoms with Crippen molar-refractivity contribution < 1.29 is 14.2 Å². The smallest absolute Gasteiger partial charge is 0.151 e. The Bertz CT molecular complexity index is 470. The molecular weight excluding hydrogens is 308 g/mol. The number of morpholine rings is 1. The van der Waals surface area contributed by atoms with Gasteiger partial charge in [-0.25, -0.2) is 0 Å². The standard InChI is InChI=1S/C17H28N4O3/c1-20(17-5-2-6-18-19-17)12-16-13-21(8-11-24-16)7-10-22-14-15-4-3-9-23-15/h2,5-6,15-16H,3-4,7-14H2,1H3/t15-,16-/m0/s1. The van der Waals surface area contributed by atoms with Crippen molar-refractivity contribution in [1.82, 2.24) is 15.1 Å². The number of ether oxygens (including phenoxy) is 3. The lowest BCUT2D eigenvalue weighted by Crippen LogP contribution is -2.48. The van der Waals surface area contributed by atoms with Gasteiger partial charge in [-0.2, -0.15) is 5.10 Å². The summed E-state index contributed by atoms with van der Waals surface area (Å²) in [4.78, 5) is 4.50. The molecule has 2 saturated heterocycles. The lowest BCUT2D eigenvalue weighted by Gasteiger charge is -2.34. The van der Waals surface area contributed by atoms with Gasteiger partial charge in [0.1, 0.15) is 0 Å². The highest BCUT2D eigenvalue weighted by Gasteiger charge is 2.22. The van der Waals surface area contributed by atoms with Crippen molar-refractivity contribution in [3.63, 3.8) is 0 Å². The van der Waals surface area contributed by atoms with E-state index in [9.17, 15) is 0 Å². The number of likely N-dealkylation sites (N-methyl/N-ethyl adjacent to an activating group) is 1. The van der Waals surface area contributed by atoms with Gasteiger partial charge in [0.2, 0.25) is 0 Å². The molecule has 2 atom stereocenters. The van der Waals surface area contributed by atoms with E-state index < -0.39 is 0 Å². The number of hydrogen-bond donors (Lipinski definition) is 0. The second-order valence-electron chi connectivity index (χ2n) is 6.47. The Labute approximate surface area is 143 Å². The lowest BCUT2D eigenvalue weighted by atomic mass is 10.2. The highest BCUT2D eigenvalue weighted by Crippen LogP contribution is 2.13. The van der Waals surface area contributed by atoms with Crippen LogP contribution in [0.1, 0.15) is 12.8 Å². The van der Waals surface area contributed by atoms with Crippen molar-refractivity contribution in [2.75, 3.05) is 64.6 Å². The van der Waals surface area contributed by atoms with Crippen molar-refractivity contribution in [1.29, 1.82) is 0 Å². The number of nitrogens with zero attached hydrogens (tertiary/aromatic N) is 4. The molecule has 2 aliphatic heterocycles. The van der Waals surface area contributed by atoms with Crippen molar-refractivity contribution in [3.05, 3.63) is 18.3 Å². The highest BCUT2D eigenvalue weighted by atomic mass is 16.5.